The Morgan fingerprint density at radius 2 is 2.17 bits per heavy atom. The number of hydrogen-bond donors (Lipinski definition) is 3. The van der Waals surface area contributed by atoms with E-state index >= 15 is 0 Å². The fourth-order valence-electron chi connectivity index (χ4n) is 1.71. The van der Waals surface area contributed by atoms with Crippen molar-refractivity contribution in [3.05, 3.63) is 0 Å². The predicted octanol–water partition coefficient (Wildman–Crippen LogP) is 0.147. The van der Waals surface area contributed by atoms with Gasteiger partial charge in [-0.3, -0.25) is 5.43 Å². The van der Waals surface area contributed by atoms with Gasteiger partial charge in [-0.25, -0.2) is 5.84 Å². The van der Waals surface area contributed by atoms with Crippen LogP contribution < -0.4 is 21.3 Å². The third-order valence-electron chi connectivity index (χ3n) is 2.65. The number of ether oxygens (including phenoxy) is 2. The van der Waals surface area contributed by atoms with Gasteiger partial charge in [0.15, 0.2) is 0 Å². The van der Waals surface area contributed by atoms with Crippen LogP contribution in [0.3, 0.4) is 0 Å². The molecule has 8 nitrogen and oxygen atoms in total. The summed E-state index contributed by atoms with van der Waals surface area (Å²) in [6.45, 7) is 5.75. The van der Waals surface area contributed by atoms with E-state index in [9.17, 15) is 0 Å². The van der Waals surface area contributed by atoms with E-state index < -0.39 is 0 Å². The average Bonchev–Trinajstić information content (AvgIpc) is 2.75. The fraction of sp³-hybridized carbons (Fsp3) is 0.700. The van der Waals surface area contributed by atoms with Crippen molar-refractivity contribution in [2.75, 3.05) is 30.6 Å². The summed E-state index contributed by atoms with van der Waals surface area (Å²) >= 11 is 0. The second-order valence-electron chi connectivity index (χ2n) is 4.33. The van der Waals surface area contributed by atoms with E-state index in [2.05, 4.69) is 32.6 Å². The lowest BCUT2D eigenvalue weighted by atomic mass is 10.0. The van der Waals surface area contributed by atoms with Crippen LogP contribution >= 0.6 is 0 Å². The number of nitrogens with zero attached hydrogens (tertiary/aromatic N) is 3. The summed E-state index contributed by atoms with van der Waals surface area (Å²) in [6, 6.07) is 0.241. The highest BCUT2D eigenvalue weighted by Gasteiger charge is 2.30. The van der Waals surface area contributed by atoms with E-state index in [0.717, 1.165) is 13.0 Å². The lowest BCUT2D eigenvalue weighted by Crippen LogP contribution is -2.36. The molecule has 1 aliphatic heterocycles. The van der Waals surface area contributed by atoms with Crippen LogP contribution in [-0.2, 0) is 4.74 Å². The smallest absolute Gasteiger partial charge is 0.323 e. The lowest BCUT2D eigenvalue weighted by Gasteiger charge is -2.23. The van der Waals surface area contributed by atoms with Gasteiger partial charge in [-0.2, -0.15) is 15.0 Å². The van der Waals surface area contributed by atoms with Crippen molar-refractivity contribution in [2.24, 2.45) is 5.84 Å². The third-order valence-corrected chi connectivity index (χ3v) is 2.65. The zero-order valence-corrected chi connectivity index (χ0v) is 10.6. The standard InChI is InChI=1S/C10H18N6O2/c1-3-18-9-13-7(12-8(14-9)16-11)15-10(2)4-5-17-6-10/h3-6,11H2,1-2H3,(H2,12,13,14,15,16). The minimum Gasteiger partial charge on any atom is -0.464 e. The maximum atomic E-state index is 5.36. The van der Waals surface area contributed by atoms with Gasteiger partial charge < -0.3 is 14.8 Å². The molecular formula is C10H18N6O2. The SMILES string of the molecule is CCOc1nc(NN)nc(NC2(C)CCOC2)n1. The first kappa shape index (κ1) is 12.8. The van der Waals surface area contributed by atoms with E-state index in [-0.39, 0.29) is 17.5 Å². The molecule has 1 saturated heterocycles. The Balaban J connectivity index is 2.17. The molecule has 4 N–H and O–H groups in total. The van der Waals surface area contributed by atoms with Crippen molar-refractivity contribution in [1.29, 1.82) is 0 Å². The van der Waals surface area contributed by atoms with Gasteiger partial charge in [0.25, 0.3) is 0 Å². The van der Waals surface area contributed by atoms with Gasteiger partial charge in [0.1, 0.15) is 0 Å². The van der Waals surface area contributed by atoms with Crippen molar-refractivity contribution in [2.45, 2.75) is 25.8 Å². The van der Waals surface area contributed by atoms with Gasteiger partial charge in [0.2, 0.25) is 11.9 Å². The molecule has 2 rings (SSSR count). The second kappa shape index (κ2) is 5.32. The Morgan fingerprint density at radius 1 is 1.39 bits per heavy atom. The van der Waals surface area contributed by atoms with Gasteiger partial charge in [0.05, 0.1) is 18.8 Å². The van der Waals surface area contributed by atoms with Gasteiger partial charge >= 0.3 is 6.01 Å². The highest BCUT2D eigenvalue weighted by atomic mass is 16.5. The van der Waals surface area contributed by atoms with E-state index in [1.54, 1.807) is 0 Å². The Kier molecular flexibility index (Phi) is 3.78. The molecule has 1 aliphatic rings. The third kappa shape index (κ3) is 2.96. The van der Waals surface area contributed by atoms with Crippen molar-refractivity contribution in [3.8, 4) is 6.01 Å². The van der Waals surface area contributed by atoms with Crippen LogP contribution in [0.15, 0.2) is 0 Å². The van der Waals surface area contributed by atoms with E-state index in [4.69, 9.17) is 15.3 Å². The number of rotatable bonds is 5. The monoisotopic (exact) mass is 254 g/mol. The summed E-state index contributed by atoms with van der Waals surface area (Å²) in [4.78, 5) is 12.3. The zero-order chi connectivity index (χ0) is 13.0. The Bertz CT molecular complexity index is 407. The van der Waals surface area contributed by atoms with Crippen molar-refractivity contribution < 1.29 is 9.47 Å². The molecule has 1 fully saturated rings. The second-order valence-corrected chi connectivity index (χ2v) is 4.33. The Labute approximate surface area is 105 Å². The van der Waals surface area contributed by atoms with Crippen LogP contribution in [0.25, 0.3) is 0 Å². The summed E-state index contributed by atoms with van der Waals surface area (Å²) in [5.74, 6) is 6.00. The van der Waals surface area contributed by atoms with E-state index in [1.807, 2.05) is 6.92 Å². The largest absolute Gasteiger partial charge is 0.464 e. The minimum atomic E-state index is -0.170. The maximum Gasteiger partial charge on any atom is 0.323 e. The number of hydrazine groups is 1. The number of hydrogen-bond acceptors (Lipinski definition) is 8. The Hall–Kier alpha value is -1.67. The van der Waals surface area contributed by atoms with E-state index in [1.165, 1.54) is 0 Å². The van der Waals surface area contributed by atoms with Crippen LogP contribution in [0.2, 0.25) is 0 Å². The van der Waals surface area contributed by atoms with Crippen LogP contribution in [0.5, 0.6) is 6.01 Å². The topological polar surface area (TPSA) is 107 Å². The molecule has 2 heterocycles. The molecule has 0 saturated carbocycles. The highest BCUT2D eigenvalue weighted by molar-refractivity contribution is 5.37. The summed E-state index contributed by atoms with van der Waals surface area (Å²) in [6.07, 6.45) is 0.897. The molecule has 0 aliphatic carbocycles. The number of nitrogens with one attached hydrogen (secondary N) is 2. The van der Waals surface area contributed by atoms with Crippen molar-refractivity contribution in [3.63, 3.8) is 0 Å². The molecule has 18 heavy (non-hydrogen) atoms. The average molecular weight is 254 g/mol. The van der Waals surface area contributed by atoms with Gasteiger partial charge in [-0.15, -0.1) is 0 Å². The predicted molar refractivity (Wildman–Crippen MR) is 66.3 cm³/mol. The number of nitrogens with two attached hydrogens (primary N) is 1. The molecule has 0 aromatic carbocycles. The van der Waals surface area contributed by atoms with Gasteiger partial charge in [-0.1, -0.05) is 0 Å². The molecule has 1 atom stereocenters. The van der Waals surface area contributed by atoms with E-state index in [0.29, 0.717) is 19.2 Å². The van der Waals surface area contributed by atoms with Gasteiger partial charge in [-0.05, 0) is 20.3 Å². The minimum absolute atomic E-state index is 0.170. The molecule has 0 spiro atoms. The molecule has 0 amide bonds. The fourth-order valence-corrected chi connectivity index (χ4v) is 1.71. The van der Waals surface area contributed by atoms with Crippen LogP contribution in [-0.4, -0.2) is 40.3 Å². The molecule has 1 aromatic heterocycles. The van der Waals surface area contributed by atoms with Crippen molar-refractivity contribution in [1.82, 2.24) is 15.0 Å². The lowest BCUT2D eigenvalue weighted by molar-refractivity contribution is 0.185. The molecule has 8 heteroatoms. The van der Waals surface area contributed by atoms with Gasteiger partial charge in [0, 0.05) is 6.61 Å². The number of aromatic nitrogens is 3. The first-order chi connectivity index (χ1) is 8.65. The molecule has 0 radical (unpaired) electrons. The summed E-state index contributed by atoms with van der Waals surface area (Å²) in [5, 5.41) is 3.23. The first-order valence-electron chi connectivity index (χ1n) is 5.86. The molecule has 1 aromatic rings. The molecular weight excluding hydrogens is 236 g/mol. The highest BCUT2D eigenvalue weighted by Crippen LogP contribution is 2.23. The Morgan fingerprint density at radius 3 is 2.78 bits per heavy atom. The normalized spacial score (nSPS) is 22.8. The first-order valence-corrected chi connectivity index (χ1v) is 5.86. The van der Waals surface area contributed by atoms with Crippen LogP contribution in [0.4, 0.5) is 11.9 Å². The molecule has 1 unspecified atom stereocenters. The summed E-state index contributed by atoms with van der Waals surface area (Å²) in [5.41, 5.74) is 2.22. The number of nitrogen functional groups attached to an aromatic ring is 1. The van der Waals surface area contributed by atoms with Crippen molar-refractivity contribution >= 4 is 11.9 Å². The van der Waals surface area contributed by atoms with Crippen LogP contribution in [0, 0.1) is 0 Å². The molecule has 0 bridgehead atoms. The molecule has 100 valence electrons. The number of anilines is 2. The summed E-state index contributed by atoms with van der Waals surface area (Å²) < 4.78 is 10.6. The summed E-state index contributed by atoms with van der Waals surface area (Å²) in [7, 11) is 0. The van der Waals surface area contributed by atoms with Crippen LogP contribution in [0.1, 0.15) is 20.3 Å². The quantitative estimate of drug-likeness (QED) is 0.503. The maximum absolute atomic E-state index is 5.36. The zero-order valence-electron chi connectivity index (χ0n) is 10.6.